The van der Waals surface area contributed by atoms with Crippen LogP contribution < -0.4 is 15.2 Å². The van der Waals surface area contributed by atoms with E-state index in [-0.39, 0.29) is 25.0 Å². The van der Waals surface area contributed by atoms with Crippen molar-refractivity contribution in [3.8, 4) is 11.5 Å². The first kappa shape index (κ1) is 15.3. The predicted octanol–water partition coefficient (Wildman–Crippen LogP) is 2.57. The monoisotopic (exact) mass is 290 g/mol. The summed E-state index contributed by atoms with van der Waals surface area (Å²) in [6.45, 7) is 2.51. The SMILES string of the molecule is CCc1cncc(OC[C@@H](N)COc2ccccc2F)c1. The molecule has 0 aliphatic carbocycles. The van der Waals surface area contributed by atoms with E-state index in [4.69, 9.17) is 15.2 Å². The van der Waals surface area contributed by atoms with Gasteiger partial charge < -0.3 is 15.2 Å². The largest absolute Gasteiger partial charge is 0.490 e. The summed E-state index contributed by atoms with van der Waals surface area (Å²) in [5, 5.41) is 0. The number of nitrogens with zero attached hydrogens (tertiary/aromatic N) is 1. The Morgan fingerprint density at radius 2 is 1.95 bits per heavy atom. The number of nitrogens with two attached hydrogens (primary N) is 1. The number of hydrogen-bond acceptors (Lipinski definition) is 4. The second-order valence-corrected chi connectivity index (χ2v) is 4.69. The van der Waals surface area contributed by atoms with Gasteiger partial charge in [0.1, 0.15) is 19.0 Å². The zero-order chi connectivity index (χ0) is 15.1. The van der Waals surface area contributed by atoms with Gasteiger partial charge in [-0.15, -0.1) is 0 Å². The van der Waals surface area contributed by atoms with Crippen LogP contribution in [0.15, 0.2) is 42.7 Å². The molecule has 5 heteroatoms. The third kappa shape index (κ3) is 4.72. The number of halogens is 1. The molecule has 0 aliphatic heterocycles. The van der Waals surface area contributed by atoms with Crippen LogP contribution in [0, 0.1) is 5.82 Å². The summed E-state index contributed by atoms with van der Waals surface area (Å²) in [7, 11) is 0. The summed E-state index contributed by atoms with van der Waals surface area (Å²) in [6.07, 6.45) is 4.34. The molecule has 21 heavy (non-hydrogen) atoms. The van der Waals surface area contributed by atoms with Crippen molar-refractivity contribution in [1.29, 1.82) is 0 Å². The zero-order valence-electron chi connectivity index (χ0n) is 12.0. The van der Waals surface area contributed by atoms with Crippen molar-refractivity contribution in [2.75, 3.05) is 13.2 Å². The van der Waals surface area contributed by atoms with Gasteiger partial charge in [-0.05, 0) is 30.2 Å². The minimum absolute atomic E-state index is 0.182. The predicted molar refractivity (Wildman–Crippen MR) is 79.0 cm³/mol. The van der Waals surface area contributed by atoms with Gasteiger partial charge in [0.25, 0.3) is 0 Å². The van der Waals surface area contributed by atoms with Gasteiger partial charge in [0.05, 0.1) is 12.2 Å². The van der Waals surface area contributed by atoms with Gasteiger partial charge in [-0.2, -0.15) is 0 Å². The Kier molecular flexibility index (Phi) is 5.51. The maximum absolute atomic E-state index is 13.4. The lowest BCUT2D eigenvalue weighted by atomic mass is 10.2. The third-order valence-corrected chi connectivity index (χ3v) is 2.93. The molecule has 0 radical (unpaired) electrons. The average Bonchev–Trinajstić information content (AvgIpc) is 2.52. The van der Waals surface area contributed by atoms with Gasteiger partial charge in [0, 0.05) is 6.20 Å². The van der Waals surface area contributed by atoms with Crippen molar-refractivity contribution in [3.05, 3.63) is 54.1 Å². The molecule has 0 unspecified atom stereocenters. The summed E-state index contributed by atoms with van der Waals surface area (Å²) in [5.41, 5.74) is 7.00. The molecule has 1 aromatic heterocycles. The number of aromatic nitrogens is 1. The van der Waals surface area contributed by atoms with E-state index < -0.39 is 5.82 Å². The van der Waals surface area contributed by atoms with E-state index in [1.54, 1.807) is 30.6 Å². The maximum Gasteiger partial charge on any atom is 0.165 e. The fourth-order valence-electron chi connectivity index (χ4n) is 1.75. The van der Waals surface area contributed by atoms with Gasteiger partial charge >= 0.3 is 0 Å². The van der Waals surface area contributed by atoms with E-state index in [2.05, 4.69) is 11.9 Å². The lowest BCUT2D eigenvalue weighted by Gasteiger charge is -2.14. The summed E-state index contributed by atoms with van der Waals surface area (Å²) in [4.78, 5) is 4.09. The van der Waals surface area contributed by atoms with Crippen LogP contribution in [0.1, 0.15) is 12.5 Å². The standard InChI is InChI=1S/C16H19FN2O2/c1-2-12-7-14(9-19-8-12)20-10-13(18)11-21-16-6-4-3-5-15(16)17/h3-9,13H,2,10-11,18H2,1H3/t13-/m1/s1. The fourth-order valence-corrected chi connectivity index (χ4v) is 1.75. The molecule has 2 N–H and O–H groups in total. The lowest BCUT2D eigenvalue weighted by molar-refractivity contribution is 0.215. The Morgan fingerprint density at radius 3 is 2.71 bits per heavy atom. The Morgan fingerprint density at radius 1 is 1.19 bits per heavy atom. The molecule has 0 fully saturated rings. The molecule has 0 saturated carbocycles. The summed E-state index contributed by atoms with van der Waals surface area (Å²) >= 11 is 0. The molecule has 0 amide bonds. The van der Waals surface area contributed by atoms with Crippen molar-refractivity contribution in [2.45, 2.75) is 19.4 Å². The number of para-hydroxylation sites is 1. The highest BCUT2D eigenvalue weighted by Crippen LogP contribution is 2.15. The second kappa shape index (κ2) is 7.59. The van der Waals surface area contributed by atoms with Crippen LogP contribution in [0.5, 0.6) is 11.5 Å². The second-order valence-electron chi connectivity index (χ2n) is 4.69. The highest BCUT2D eigenvalue weighted by molar-refractivity contribution is 5.24. The van der Waals surface area contributed by atoms with Gasteiger partial charge in [-0.3, -0.25) is 4.98 Å². The summed E-state index contributed by atoms with van der Waals surface area (Å²) in [6, 6.07) is 7.81. The Labute approximate surface area is 123 Å². The van der Waals surface area contributed by atoms with Gasteiger partial charge in [0.2, 0.25) is 0 Å². The molecule has 1 aromatic carbocycles. The van der Waals surface area contributed by atoms with E-state index in [9.17, 15) is 4.39 Å². The van der Waals surface area contributed by atoms with Crippen LogP contribution in [0.4, 0.5) is 4.39 Å². The van der Waals surface area contributed by atoms with Crippen molar-refractivity contribution in [1.82, 2.24) is 4.98 Å². The van der Waals surface area contributed by atoms with Crippen molar-refractivity contribution in [3.63, 3.8) is 0 Å². The van der Waals surface area contributed by atoms with Gasteiger partial charge in [0.15, 0.2) is 11.6 Å². The fraction of sp³-hybridized carbons (Fsp3) is 0.312. The van der Waals surface area contributed by atoms with Crippen LogP contribution in [-0.4, -0.2) is 24.2 Å². The number of benzene rings is 1. The van der Waals surface area contributed by atoms with Gasteiger partial charge in [-0.1, -0.05) is 19.1 Å². The Balaban J connectivity index is 1.79. The molecule has 2 rings (SSSR count). The number of hydrogen-bond donors (Lipinski definition) is 1. The summed E-state index contributed by atoms with van der Waals surface area (Å²) < 4.78 is 24.3. The summed E-state index contributed by atoms with van der Waals surface area (Å²) in [5.74, 6) is 0.476. The highest BCUT2D eigenvalue weighted by Gasteiger charge is 2.08. The van der Waals surface area contributed by atoms with Crippen molar-refractivity contribution >= 4 is 0 Å². The smallest absolute Gasteiger partial charge is 0.165 e. The minimum Gasteiger partial charge on any atom is -0.490 e. The molecule has 0 saturated heterocycles. The first-order valence-electron chi connectivity index (χ1n) is 6.88. The molecule has 0 bridgehead atoms. The van der Waals surface area contributed by atoms with Gasteiger partial charge in [-0.25, -0.2) is 4.39 Å². The van der Waals surface area contributed by atoms with E-state index in [0.29, 0.717) is 5.75 Å². The number of rotatable bonds is 7. The molecule has 4 nitrogen and oxygen atoms in total. The van der Waals surface area contributed by atoms with E-state index in [1.807, 2.05) is 6.07 Å². The molecule has 112 valence electrons. The first-order chi connectivity index (χ1) is 10.2. The molecule has 2 aromatic rings. The van der Waals surface area contributed by atoms with E-state index in [0.717, 1.165) is 12.0 Å². The normalized spacial score (nSPS) is 12.0. The third-order valence-electron chi connectivity index (χ3n) is 2.93. The molecule has 0 spiro atoms. The van der Waals surface area contributed by atoms with Crippen molar-refractivity contribution in [2.24, 2.45) is 5.73 Å². The molecule has 1 atom stereocenters. The van der Waals surface area contributed by atoms with Crippen molar-refractivity contribution < 1.29 is 13.9 Å². The maximum atomic E-state index is 13.4. The number of ether oxygens (including phenoxy) is 2. The number of pyridine rings is 1. The average molecular weight is 290 g/mol. The number of aryl methyl sites for hydroxylation is 1. The van der Waals surface area contributed by atoms with Crippen LogP contribution in [0.25, 0.3) is 0 Å². The highest BCUT2D eigenvalue weighted by atomic mass is 19.1. The molecular formula is C16H19FN2O2. The first-order valence-corrected chi connectivity index (χ1v) is 6.88. The van der Waals surface area contributed by atoms with E-state index >= 15 is 0 Å². The van der Waals surface area contributed by atoms with E-state index in [1.165, 1.54) is 6.07 Å². The minimum atomic E-state index is -0.398. The van der Waals surface area contributed by atoms with Crippen LogP contribution >= 0.6 is 0 Å². The Bertz CT molecular complexity index is 578. The lowest BCUT2D eigenvalue weighted by Crippen LogP contribution is -2.34. The topological polar surface area (TPSA) is 57.4 Å². The molecule has 0 aliphatic rings. The van der Waals surface area contributed by atoms with Crippen LogP contribution in [-0.2, 0) is 6.42 Å². The Hall–Kier alpha value is -2.14. The van der Waals surface area contributed by atoms with Crippen LogP contribution in [0.3, 0.4) is 0 Å². The molecule has 1 heterocycles. The quantitative estimate of drug-likeness (QED) is 0.851. The molecular weight excluding hydrogens is 271 g/mol. The van der Waals surface area contributed by atoms with Crippen LogP contribution in [0.2, 0.25) is 0 Å². The zero-order valence-corrected chi connectivity index (χ0v) is 12.0.